The van der Waals surface area contributed by atoms with Crippen LogP contribution >= 0.6 is 15.9 Å². The van der Waals surface area contributed by atoms with Crippen molar-refractivity contribution in [2.45, 2.75) is 26.4 Å². The van der Waals surface area contributed by atoms with Gasteiger partial charge in [-0.05, 0) is 24.1 Å². The molecule has 6 heteroatoms. The minimum Gasteiger partial charge on any atom is -0.391 e. The molecule has 0 bridgehead atoms. The van der Waals surface area contributed by atoms with Crippen LogP contribution in [-0.4, -0.2) is 29.6 Å². The number of aliphatic hydroxyl groups is 1. The SMILES string of the molecule is CCC(C)C(O)CNC(=O)C(=O)Nc1cccc(Br)c1. The third-order valence-corrected chi connectivity index (χ3v) is 3.55. The van der Waals surface area contributed by atoms with Gasteiger partial charge in [0.05, 0.1) is 6.10 Å². The molecular formula is C14H19BrN2O3. The largest absolute Gasteiger partial charge is 0.391 e. The molecule has 3 N–H and O–H groups in total. The predicted molar refractivity (Wildman–Crippen MR) is 81.2 cm³/mol. The maximum Gasteiger partial charge on any atom is 0.313 e. The Hall–Kier alpha value is -1.40. The summed E-state index contributed by atoms with van der Waals surface area (Å²) in [5, 5.41) is 14.6. The minimum atomic E-state index is -0.757. The third kappa shape index (κ3) is 5.30. The highest BCUT2D eigenvalue weighted by molar-refractivity contribution is 9.10. The van der Waals surface area contributed by atoms with Gasteiger partial charge >= 0.3 is 11.8 Å². The van der Waals surface area contributed by atoms with Crippen LogP contribution in [0.1, 0.15) is 20.3 Å². The Kier molecular flexibility index (Phi) is 6.67. The van der Waals surface area contributed by atoms with Gasteiger partial charge in [-0.1, -0.05) is 42.3 Å². The average Bonchev–Trinajstić information content (AvgIpc) is 2.43. The van der Waals surface area contributed by atoms with Gasteiger partial charge in [-0.15, -0.1) is 0 Å². The van der Waals surface area contributed by atoms with Crippen LogP contribution in [0.3, 0.4) is 0 Å². The zero-order valence-electron chi connectivity index (χ0n) is 11.5. The number of anilines is 1. The van der Waals surface area contributed by atoms with Gasteiger partial charge in [-0.25, -0.2) is 0 Å². The van der Waals surface area contributed by atoms with Crippen LogP contribution in [0.15, 0.2) is 28.7 Å². The van der Waals surface area contributed by atoms with Crippen molar-refractivity contribution in [3.63, 3.8) is 0 Å². The first-order valence-corrected chi connectivity index (χ1v) is 7.26. The van der Waals surface area contributed by atoms with Gasteiger partial charge in [-0.2, -0.15) is 0 Å². The zero-order chi connectivity index (χ0) is 15.1. The van der Waals surface area contributed by atoms with E-state index in [0.29, 0.717) is 5.69 Å². The molecule has 0 spiro atoms. The molecule has 2 atom stereocenters. The monoisotopic (exact) mass is 342 g/mol. The van der Waals surface area contributed by atoms with Gasteiger partial charge in [0.2, 0.25) is 0 Å². The molecular weight excluding hydrogens is 324 g/mol. The highest BCUT2D eigenvalue weighted by atomic mass is 79.9. The molecule has 0 aromatic heterocycles. The first kappa shape index (κ1) is 16.7. The second-order valence-corrected chi connectivity index (χ2v) is 5.54. The number of hydrogen-bond acceptors (Lipinski definition) is 3. The lowest BCUT2D eigenvalue weighted by molar-refractivity contribution is -0.136. The summed E-state index contributed by atoms with van der Waals surface area (Å²) in [5.41, 5.74) is 0.530. The van der Waals surface area contributed by atoms with Crippen LogP contribution in [0.5, 0.6) is 0 Å². The Morgan fingerprint density at radius 3 is 2.65 bits per heavy atom. The van der Waals surface area contributed by atoms with Crippen molar-refractivity contribution in [3.05, 3.63) is 28.7 Å². The minimum absolute atomic E-state index is 0.0692. The summed E-state index contributed by atoms with van der Waals surface area (Å²) in [4.78, 5) is 23.3. The summed E-state index contributed by atoms with van der Waals surface area (Å²) < 4.78 is 0.808. The fraction of sp³-hybridized carbons (Fsp3) is 0.429. The van der Waals surface area contributed by atoms with Crippen LogP contribution in [0, 0.1) is 5.92 Å². The van der Waals surface area contributed by atoms with E-state index in [0.717, 1.165) is 10.9 Å². The van der Waals surface area contributed by atoms with E-state index in [9.17, 15) is 14.7 Å². The van der Waals surface area contributed by atoms with Crippen molar-refractivity contribution in [3.8, 4) is 0 Å². The number of rotatable bonds is 5. The number of carbonyl (C=O) groups is 2. The molecule has 1 aromatic carbocycles. The Morgan fingerprint density at radius 2 is 2.05 bits per heavy atom. The summed E-state index contributed by atoms with van der Waals surface area (Å²) in [7, 11) is 0. The number of benzene rings is 1. The fourth-order valence-electron chi connectivity index (χ4n) is 1.50. The number of amides is 2. The van der Waals surface area contributed by atoms with E-state index in [1.165, 1.54) is 0 Å². The molecule has 0 fully saturated rings. The third-order valence-electron chi connectivity index (χ3n) is 3.06. The molecule has 0 saturated carbocycles. The van der Waals surface area contributed by atoms with Crippen LogP contribution < -0.4 is 10.6 Å². The van der Waals surface area contributed by atoms with E-state index in [1.807, 2.05) is 19.9 Å². The van der Waals surface area contributed by atoms with Gasteiger partial charge in [0.15, 0.2) is 0 Å². The highest BCUT2D eigenvalue weighted by Crippen LogP contribution is 2.15. The van der Waals surface area contributed by atoms with E-state index in [4.69, 9.17) is 0 Å². The molecule has 1 rings (SSSR count). The summed E-state index contributed by atoms with van der Waals surface area (Å²) >= 11 is 3.28. The van der Waals surface area contributed by atoms with Crippen molar-refractivity contribution in [1.29, 1.82) is 0 Å². The van der Waals surface area contributed by atoms with E-state index < -0.39 is 17.9 Å². The van der Waals surface area contributed by atoms with E-state index in [-0.39, 0.29) is 12.5 Å². The molecule has 2 unspecified atom stereocenters. The Bertz CT molecular complexity index is 479. The zero-order valence-corrected chi connectivity index (χ0v) is 13.1. The van der Waals surface area contributed by atoms with E-state index in [2.05, 4.69) is 26.6 Å². The summed E-state index contributed by atoms with van der Waals surface area (Å²) in [5.74, 6) is -1.43. The molecule has 110 valence electrons. The Morgan fingerprint density at radius 1 is 1.35 bits per heavy atom. The lowest BCUT2D eigenvalue weighted by Crippen LogP contribution is -2.41. The second-order valence-electron chi connectivity index (χ2n) is 4.63. The van der Waals surface area contributed by atoms with Crippen molar-refractivity contribution < 1.29 is 14.7 Å². The lowest BCUT2D eigenvalue weighted by atomic mass is 10.0. The predicted octanol–water partition coefficient (Wildman–Crippen LogP) is 1.91. The molecule has 0 saturated heterocycles. The molecule has 0 heterocycles. The van der Waals surface area contributed by atoms with Crippen molar-refractivity contribution in [1.82, 2.24) is 5.32 Å². The number of aliphatic hydroxyl groups excluding tert-OH is 1. The Balaban J connectivity index is 2.46. The van der Waals surface area contributed by atoms with Gasteiger partial charge < -0.3 is 15.7 Å². The first-order chi connectivity index (χ1) is 9.43. The second kappa shape index (κ2) is 8.01. The Labute approximate surface area is 126 Å². The number of hydrogen-bond donors (Lipinski definition) is 3. The topological polar surface area (TPSA) is 78.4 Å². The van der Waals surface area contributed by atoms with Crippen LogP contribution in [0.4, 0.5) is 5.69 Å². The van der Waals surface area contributed by atoms with Crippen molar-refractivity contribution in [2.75, 3.05) is 11.9 Å². The van der Waals surface area contributed by atoms with Gasteiger partial charge in [-0.3, -0.25) is 9.59 Å². The number of carbonyl (C=O) groups excluding carboxylic acids is 2. The standard InChI is InChI=1S/C14H19BrN2O3/c1-3-9(2)12(18)8-16-13(19)14(20)17-11-6-4-5-10(15)7-11/h4-7,9,12,18H,3,8H2,1-2H3,(H,16,19)(H,17,20). The van der Waals surface area contributed by atoms with Crippen LogP contribution in [-0.2, 0) is 9.59 Å². The lowest BCUT2D eigenvalue weighted by Gasteiger charge is -2.17. The van der Waals surface area contributed by atoms with Crippen LogP contribution in [0.25, 0.3) is 0 Å². The molecule has 1 aromatic rings. The number of nitrogens with one attached hydrogen (secondary N) is 2. The maximum absolute atomic E-state index is 11.7. The van der Waals surface area contributed by atoms with Crippen molar-refractivity contribution in [2.24, 2.45) is 5.92 Å². The molecule has 0 radical (unpaired) electrons. The molecule has 0 aliphatic carbocycles. The van der Waals surface area contributed by atoms with E-state index in [1.54, 1.807) is 18.2 Å². The van der Waals surface area contributed by atoms with Crippen molar-refractivity contribution >= 4 is 33.4 Å². The first-order valence-electron chi connectivity index (χ1n) is 6.46. The summed E-state index contributed by atoms with van der Waals surface area (Å²) in [6, 6.07) is 6.95. The molecule has 20 heavy (non-hydrogen) atoms. The summed E-state index contributed by atoms with van der Waals surface area (Å²) in [6.07, 6.45) is 0.156. The summed E-state index contributed by atoms with van der Waals surface area (Å²) in [6.45, 7) is 3.91. The van der Waals surface area contributed by atoms with Gasteiger partial charge in [0, 0.05) is 16.7 Å². The van der Waals surface area contributed by atoms with Gasteiger partial charge in [0.25, 0.3) is 0 Å². The average molecular weight is 343 g/mol. The fourth-order valence-corrected chi connectivity index (χ4v) is 1.90. The quantitative estimate of drug-likeness (QED) is 0.715. The smallest absolute Gasteiger partial charge is 0.313 e. The maximum atomic E-state index is 11.7. The molecule has 0 aliphatic rings. The number of halogens is 1. The van der Waals surface area contributed by atoms with E-state index >= 15 is 0 Å². The normalized spacial score (nSPS) is 13.4. The molecule has 0 aliphatic heterocycles. The highest BCUT2D eigenvalue weighted by Gasteiger charge is 2.17. The van der Waals surface area contributed by atoms with Crippen LogP contribution in [0.2, 0.25) is 0 Å². The van der Waals surface area contributed by atoms with Gasteiger partial charge in [0.1, 0.15) is 0 Å². The molecule has 2 amide bonds. The molecule has 5 nitrogen and oxygen atoms in total.